The highest BCUT2D eigenvalue weighted by atomic mass is 32.2. The normalized spacial score (nSPS) is 17.2. The Balaban J connectivity index is 1.65. The van der Waals surface area contributed by atoms with Crippen molar-refractivity contribution in [2.75, 3.05) is 4.72 Å². The molecule has 0 spiro atoms. The van der Waals surface area contributed by atoms with Gasteiger partial charge in [0.15, 0.2) is 5.78 Å². The molecule has 1 N–H and O–H groups in total. The minimum atomic E-state index is -3.79. The predicted molar refractivity (Wildman–Crippen MR) is 93.3 cm³/mol. The Labute approximate surface area is 146 Å². The molecule has 1 fully saturated rings. The summed E-state index contributed by atoms with van der Waals surface area (Å²) in [5.41, 5.74) is 3.06. The Bertz CT molecular complexity index is 966. The SMILES string of the molecule is Cc1cc(C2CC2)nc(NS(=O)(=O)c2ccc3c(c2)CCCC3=O)n1. The third-order valence-corrected chi connectivity index (χ3v) is 5.96. The lowest BCUT2D eigenvalue weighted by Crippen LogP contribution is -2.18. The number of benzene rings is 1. The standard InChI is InChI=1S/C18H19N3O3S/c1-11-9-16(12-5-6-12)20-18(19-11)21-25(23,24)14-7-8-15-13(10-14)3-2-4-17(15)22/h7-10,12H,2-6H2,1H3,(H,19,20,21). The number of rotatable bonds is 4. The molecular formula is C18H19N3O3S. The smallest absolute Gasteiger partial charge is 0.264 e. The Kier molecular flexibility index (Phi) is 3.83. The fourth-order valence-electron chi connectivity index (χ4n) is 3.20. The summed E-state index contributed by atoms with van der Waals surface area (Å²) in [6.07, 6.45) is 4.17. The zero-order chi connectivity index (χ0) is 17.6. The third kappa shape index (κ3) is 3.28. The lowest BCUT2D eigenvalue weighted by molar-refractivity contribution is 0.0972. The molecule has 0 bridgehead atoms. The van der Waals surface area contributed by atoms with Crippen LogP contribution in [0.3, 0.4) is 0 Å². The van der Waals surface area contributed by atoms with Gasteiger partial charge >= 0.3 is 0 Å². The second kappa shape index (κ2) is 5.91. The molecule has 6 nitrogen and oxygen atoms in total. The minimum Gasteiger partial charge on any atom is -0.294 e. The molecule has 0 amide bonds. The monoisotopic (exact) mass is 357 g/mol. The first-order valence-corrected chi connectivity index (χ1v) is 9.95. The number of aryl methyl sites for hydroxylation is 2. The van der Waals surface area contributed by atoms with Gasteiger partial charge in [-0.05, 0) is 62.4 Å². The van der Waals surface area contributed by atoms with Crippen LogP contribution in [-0.2, 0) is 16.4 Å². The molecule has 4 rings (SSSR count). The number of anilines is 1. The lowest BCUT2D eigenvalue weighted by Gasteiger charge is -2.16. The van der Waals surface area contributed by atoms with Crippen LogP contribution in [0.15, 0.2) is 29.2 Å². The van der Waals surface area contributed by atoms with E-state index in [0.717, 1.165) is 42.6 Å². The zero-order valence-corrected chi connectivity index (χ0v) is 14.8. The number of hydrogen-bond acceptors (Lipinski definition) is 5. The highest BCUT2D eigenvalue weighted by Gasteiger charge is 2.27. The van der Waals surface area contributed by atoms with Crippen LogP contribution >= 0.6 is 0 Å². The van der Waals surface area contributed by atoms with E-state index >= 15 is 0 Å². The molecule has 2 aromatic rings. The van der Waals surface area contributed by atoms with Crippen molar-refractivity contribution in [3.63, 3.8) is 0 Å². The molecule has 130 valence electrons. The molecule has 1 aromatic heterocycles. The highest BCUT2D eigenvalue weighted by molar-refractivity contribution is 7.92. The summed E-state index contributed by atoms with van der Waals surface area (Å²) in [6, 6.07) is 6.58. The second-order valence-electron chi connectivity index (χ2n) is 6.73. The first kappa shape index (κ1) is 16.2. The van der Waals surface area contributed by atoms with Crippen molar-refractivity contribution < 1.29 is 13.2 Å². The maximum atomic E-state index is 12.7. The van der Waals surface area contributed by atoms with E-state index < -0.39 is 10.0 Å². The molecule has 25 heavy (non-hydrogen) atoms. The Morgan fingerprint density at radius 1 is 1.12 bits per heavy atom. The number of nitrogens with zero attached hydrogens (tertiary/aromatic N) is 2. The van der Waals surface area contributed by atoms with Crippen LogP contribution in [0.1, 0.15) is 58.9 Å². The molecule has 7 heteroatoms. The molecule has 0 aliphatic heterocycles. The topological polar surface area (TPSA) is 89.0 Å². The number of nitrogens with one attached hydrogen (secondary N) is 1. The molecule has 1 heterocycles. The molecule has 0 atom stereocenters. The number of carbonyl (C=O) groups is 1. The van der Waals surface area contributed by atoms with Crippen LogP contribution in [0.2, 0.25) is 0 Å². The molecular weight excluding hydrogens is 338 g/mol. The van der Waals surface area contributed by atoms with E-state index in [2.05, 4.69) is 14.7 Å². The van der Waals surface area contributed by atoms with Crippen LogP contribution in [-0.4, -0.2) is 24.2 Å². The molecule has 1 saturated carbocycles. The number of Topliss-reactive ketones (excluding diaryl/α,β-unsaturated/α-hetero) is 1. The van der Waals surface area contributed by atoms with E-state index in [1.165, 1.54) is 6.07 Å². The van der Waals surface area contributed by atoms with Crippen LogP contribution in [0.25, 0.3) is 0 Å². The average molecular weight is 357 g/mol. The molecule has 2 aliphatic carbocycles. The molecule has 0 unspecified atom stereocenters. The third-order valence-electron chi connectivity index (χ3n) is 4.63. The van der Waals surface area contributed by atoms with Gasteiger partial charge in [-0.2, -0.15) is 0 Å². The number of aromatic nitrogens is 2. The van der Waals surface area contributed by atoms with Crippen molar-refractivity contribution in [1.82, 2.24) is 9.97 Å². The second-order valence-corrected chi connectivity index (χ2v) is 8.42. The molecule has 1 aromatic carbocycles. The van der Waals surface area contributed by atoms with E-state index in [1.54, 1.807) is 12.1 Å². The Morgan fingerprint density at radius 3 is 2.68 bits per heavy atom. The first-order chi connectivity index (χ1) is 11.9. The average Bonchev–Trinajstić information content (AvgIpc) is 3.39. The zero-order valence-electron chi connectivity index (χ0n) is 13.9. The van der Waals surface area contributed by atoms with Gasteiger partial charge in [0.1, 0.15) is 0 Å². The van der Waals surface area contributed by atoms with Crippen LogP contribution in [0.4, 0.5) is 5.95 Å². The van der Waals surface area contributed by atoms with Gasteiger partial charge in [0.2, 0.25) is 5.95 Å². The number of hydrogen-bond donors (Lipinski definition) is 1. The molecule has 0 radical (unpaired) electrons. The largest absolute Gasteiger partial charge is 0.294 e. The van der Waals surface area contributed by atoms with Gasteiger partial charge in [-0.15, -0.1) is 0 Å². The summed E-state index contributed by atoms with van der Waals surface area (Å²) in [5.74, 6) is 0.602. The van der Waals surface area contributed by atoms with Gasteiger partial charge in [0.25, 0.3) is 10.0 Å². The fourth-order valence-corrected chi connectivity index (χ4v) is 4.19. The summed E-state index contributed by atoms with van der Waals surface area (Å²) < 4.78 is 27.9. The Morgan fingerprint density at radius 2 is 1.92 bits per heavy atom. The minimum absolute atomic E-state index is 0.0780. The number of carbonyl (C=O) groups excluding carboxylic acids is 1. The van der Waals surface area contributed by atoms with Crippen molar-refractivity contribution in [2.24, 2.45) is 0 Å². The molecule has 0 saturated heterocycles. The van der Waals surface area contributed by atoms with E-state index in [-0.39, 0.29) is 16.6 Å². The van der Waals surface area contributed by atoms with Crippen molar-refractivity contribution in [1.29, 1.82) is 0 Å². The molecule has 2 aliphatic rings. The quantitative estimate of drug-likeness (QED) is 0.909. The lowest BCUT2D eigenvalue weighted by atomic mass is 9.91. The van der Waals surface area contributed by atoms with Gasteiger partial charge in [-0.3, -0.25) is 4.79 Å². The van der Waals surface area contributed by atoms with Crippen LogP contribution in [0, 0.1) is 6.92 Å². The summed E-state index contributed by atoms with van der Waals surface area (Å²) >= 11 is 0. The van der Waals surface area contributed by atoms with Crippen molar-refractivity contribution in [3.05, 3.63) is 46.8 Å². The summed E-state index contributed by atoms with van der Waals surface area (Å²) in [7, 11) is -3.79. The van der Waals surface area contributed by atoms with E-state index in [1.807, 2.05) is 13.0 Å². The van der Waals surface area contributed by atoms with Gasteiger partial charge in [-0.25, -0.2) is 23.1 Å². The van der Waals surface area contributed by atoms with Gasteiger partial charge < -0.3 is 0 Å². The van der Waals surface area contributed by atoms with E-state index in [9.17, 15) is 13.2 Å². The number of ketones is 1. The van der Waals surface area contributed by atoms with E-state index in [4.69, 9.17) is 0 Å². The summed E-state index contributed by atoms with van der Waals surface area (Å²) in [6.45, 7) is 1.83. The van der Waals surface area contributed by atoms with Gasteiger partial charge in [0.05, 0.1) is 4.90 Å². The maximum absolute atomic E-state index is 12.7. The van der Waals surface area contributed by atoms with Crippen molar-refractivity contribution >= 4 is 21.8 Å². The summed E-state index contributed by atoms with van der Waals surface area (Å²) in [5, 5.41) is 0. The first-order valence-electron chi connectivity index (χ1n) is 8.47. The van der Waals surface area contributed by atoms with Crippen molar-refractivity contribution in [3.8, 4) is 0 Å². The van der Waals surface area contributed by atoms with E-state index in [0.29, 0.717) is 17.9 Å². The highest BCUT2D eigenvalue weighted by Crippen LogP contribution is 2.39. The van der Waals surface area contributed by atoms with Gasteiger partial charge in [0, 0.05) is 29.3 Å². The number of sulfonamides is 1. The predicted octanol–water partition coefficient (Wildman–Crippen LogP) is 2.98. The van der Waals surface area contributed by atoms with Gasteiger partial charge in [-0.1, -0.05) is 0 Å². The fraction of sp³-hybridized carbons (Fsp3) is 0.389. The summed E-state index contributed by atoms with van der Waals surface area (Å²) in [4.78, 5) is 20.6. The van der Waals surface area contributed by atoms with Crippen LogP contribution < -0.4 is 4.72 Å². The van der Waals surface area contributed by atoms with Crippen LogP contribution in [0.5, 0.6) is 0 Å². The maximum Gasteiger partial charge on any atom is 0.264 e. The van der Waals surface area contributed by atoms with Crippen molar-refractivity contribution in [2.45, 2.75) is 49.8 Å². The Hall–Kier alpha value is -2.28. The number of fused-ring (bicyclic) bond motifs is 1.